The van der Waals surface area contributed by atoms with Gasteiger partial charge in [0, 0.05) is 13.1 Å². The second-order valence-electron chi connectivity index (χ2n) is 5.50. The van der Waals surface area contributed by atoms with Crippen LogP contribution in [0.4, 0.5) is 0 Å². The fourth-order valence-electron chi connectivity index (χ4n) is 2.62. The lowest BCUT2D eigenvalue weighted by atomic mass is 9.92. The smallest absolute Gasteiger partial charge is 0.250 e. The molecule has 0 radical (unpaired) electrons. The van der Waals surface area contributed by atoms with Crippen LogP contribution in [0.5, 0.6) is 0 Å². The zero-order valence-electron chi connectivity index (χ0n) is 11.7. The standard InChI is InChI=1S/C13H20N2O3S2/c1-10-6-11(2)9-15(8-10)12(16)7-14-20(17,18)13-4-3-5-19-13/h3-5,10-11,14H,6-9H2,1-2H3. The van der Waals surface area contributed by atoms with E-state index >= 15 is 0 Å². The number of amides is 1. The van der Waals surface area contributed by atoms with Crippen molar-refractivity contribution in [2.24, 2.45) is 11.8 Å². The first-order valence-corrected chi connectivity index (χ1v) is 9.05. The van der Waals surface area contributed by atoms with Crippen LogP contribution in [0.1, 0.15) is 20.3 Å². The minimum Gasteiger partial charge on any atom is -0.341 e. The molecule has 2 unspecified atom stereocenters. The van der Waals surface area contributed by atoms with Crippen molar-refractivity contribution in [2.45, 2.75) is 24.5 Å². The third kappa shape index (κ3) is 3.80. The predicted molar refractivity (Wildman–Crippen MR) is 79.0 cm³/mol. The van der Waals surface area contributed by atoms with Crippen LogP contribution < -0.4 is 4.72 Å². The highest BCUT2D eigenvalue weighted by Gasteiger charge is 2.26. The van der Waals surface area contributed by atoms with Crippen molar-refractivity contribution in [3.05, 3.63) is 17.5 Å². The van der Waals surface area contributed by atoms with E-state index in [0.717, 1.165) is 17.8 Å². The van der Waals surface area contributed by atoms with E-state index in [1.54, 1.807) is 16.3 Å². The molecule has 1 aliphatic rings. The summed E-state index contributed by atoms with van der Waals surface area (Å²) in [6.45, 7) is 5.49. The molecule has 5 nitrogen and oxygen atoms in total. The monoisotopic (exact) mass is 316 g/mol. The minimum absolute atomic E-state index is 0.150. The molecule has 0 bridgehead atoms. The van der Waals surface area contributed by atoms with Gasteiger partial charge in [0.15, 0.2) is 0 Å². The zero-order valence-corrected chi connectivity index (χ0v) is 13.3. The van der Waals surface area contributed by atoms with Gasteiger partial charge in [0.25, 0.3) is 10.0 Å². The molecule has 1 N–H and O–H groups in total. The summed E-state index contributed by atoms with van der Waals surface area (Å²) < 4.78 is 26.5. The molecule has 1 saturated heterocycles. The maximum atomic E-state index is 12.1. The molecule has 1 amide bonds. The summed E-state index contributed by atoms with van der Waals surface area (Å²) in [5.41, 5.74) is 0. The number of sulfonamides is 1. The van der Waals surface area contributed by atoms with Crippen molar-refractivity contribution < 1.29 is 13.2 Å². The van der Waals surface area contributed by atoms with Gasteiger partial charge in [-0.25, -0.2) is 13.1 Å². The highest BCUT2D eigenvalue weighted by Crippen LogP contribution is 2.21. The van der Waals surface area contributed by atoms with E-state index in [1.165, 1.54) is 6.07 Å². The zero-order chi connectivity index (χ0) is 14.8. The van der Waals surface area contributed by atoms with Gasteiger partial charge < -0.3 is 4.90 Å². The first kappa shape index (κ1) is 15.5. The lowest BCUT2D eigenvalue weighted by Gasteiger charge is -2.35. The number of likely N-dealkylation sites (tertiary alicyclic amines) is 1. The number of nitrogens with zero attached hydrogens (tertiary/aromatic N) is 1. The highest BCUT2D eigenvalue weighted by atomic mass is 32.2. The van der Waals surface area contributed by atoms with Crippen LogP contribution in [0.25, 0.3) is 0 Å². The van der Waals surface area contributed by atoms with E-state index in [2.05, 4.69) is 18.6 Å². The molecule has 20 heavy (non-hydrogen) atoms. The first-order valence-electron chi connectivity index (χ1n) is 6.69. The Balaban J connectivity index is 1.92. The second-order valence-corrected chi connectivity index (χ2v) is 8.44. The molecular formula is C13H20N2O3S2. The number of carbonyl (C=O) groups excluding carboxylic acids is 1. The average Bonchev–Trinajstić information content (AvgIpc) is 2.89. The van der Waals surface area contributed by atoms with Crippen molar-refractivity contribution in [3.8, 4) is 0 Å². The summed E-state index contributed by atoms with van der Waals surface area (Å²) in [7, 11) is -3.56. The third-order valence-corrected chi connectivity index (χ3v) is 6.19. The van der Waals surface area contributed by atoms with Crippen molar-refractivity contribution in [1.29, 1.82) is 0 Å². The highest BCUT2D eigenvalue weighted by molar-refractivity contribution is 7.91. The van der Waals surface area contributed by atoms with Crippen LogP contribution in [0.15, 0.2) is 21.7 Å². The van der Waals surface area contributed by atoms with Crippen LogP contribution in [-0.4, -0.2) is 38.9 Å². The Kier molecular flexibility index (Phi) is 4.82. The lowest BCUT2D eigenvalue weighted by Crippen LogP contribution is -2.46. The van der Waals surface area contributed by atoms with Crippen molar-refractivity contribution >= 4 is 27.3 Å². The van der Waals surface area contributed by atoms with Gasteiger partial charge >= 0.3 is 0 Å². The Labute approximate surface area is 124 Å². The molecule has 2 heterocycles. The van der Waals surface area contributed by atoms with Gasteiger partial charge in [0.2, 0.25) is 5.91 Å². The topological polar surface area (TPSA) is 66.5 Å². The van der Waals surface area contributed by atoms with Crippen LogP contribution in [0.3, 0.4) is 0 Å². The number of hydrogen-bond acceptors (Lipinski definition) is 4. The summed E-state index contributed by atoms with van der Waals surface area (Å²) in [6, 6.07) is 3.21. The van der Waals surface area contributed by atoms with Gasteiger partial charge in [-0.1, -0.05) is 19.9 Å². The van der Waals surface area contributed by atoms with E-state index in [-0.39, 0.29) is 16.7 Å². The van der Waals surface area contributed by atoms with E-state index in [1.807, 2.05) is 0 Å². The lowest BCUT2D eigenvalue weighted by molar-refractivity contribution is -0.132. The molecule has 0 aliphatic carbocycles. The van der Waals surface area contributed by atoms with Gasteiger partial charge in [0.1, 0.15) is 4.21 Å². The van der Waals surface area contributed by atoms with E-state index in [9.17, 15) is 13.2 Å². The van der Waals surface area contributed by atoms with Gasteiger partial charge in [-0.15, -0.1) is 11.3 Å². The fourth-order valence-corrected chi connectivity index (χ4v) is 4.63. The molecule has 2 rings (SSSR count). The average molecular weight is 316 g/mol. The fraction of sp³-hybridized carbons (Fsp3) is 0.615. The molecule has 7 heteroatoms. The van der Waals surface area contributed by atoms with Gasteiger partial charge in [0.05, 0.1) is 6.54 Å². The number of hydrogen-bond donors (Lipinski definition) is 1. The molecular weight excluding hydrogens is 296 g/mol. The molecule has 0 spiro atoms. The Hall–Kier alpha value is -0.920. The summed E-state index contributed by atoms with van der Waals surface area (Å²) >= 11 is 1.14. The maximum Gasteiger partial charge on any atom is 0.250 e. The third-order valence-electron chi connectivity index (χ3n) is 3.39. The van der Waals surface area contributed by atoms with Crippen LogP contribution in [-0.2, 0) is 14.8 Å². The maximum absolute atomic E-state index is 12.1. The van der Waals surface area contributed by atoms with Gasteiger partial charge in [-0.05, 0) is 29.7 Å². The summed E-state index contributed by atoms with van der Waals surface area (Å²) in [4.78, 5) is 13.9. The predicted octanol–water partition coefficient (Wildman–Crippen LogP) is 1.53. The van der Waals surface area contributed by atoms with Gasteiger partial charge in [-0.3, -0.25) is 4.79 Å². The quantitative estimate of drug-likeness (QED) is 0.916. The molecule has 1 aromatic rings. The summed E-state index contributed by atoms with van der Waals surface area (Å²) in [6.07, 6.45) is 1.12. The van der Waals surface area contributed by atoms with Crippen LogP contribution in [0, 0.1) is 11.8 Å². The van der Waals surface area contributed by atoms with Crippen molar-refractivity contribution in [2.75, 3.05) is 19.6 Å². The van der Waals surface area contributed by atoms with E-state index < -0.39 is 10.0 Å². The Morgan fingerprint density at radius 3 is 2.60 bits per heavy atom. The van der Waals surface area contributed by atoms with Crippen LogP contribution >= 0.6 is 11.3 Å². The molecule has 112 valence electrons. The SMILES string of the molecule is CC1CC(C)CN(C(=O)CNS(=O)(=O)c2cccs2)C1. The first-order chi connectivity index (χ1) is 9.38. The number of piperidine rings is 1. The van der Waals surface area contributed by atoms with E-state index in [0.29, 0.717) is 24.9 Å². The minimum atomic E-state index is -3.56. The number of thiophene rings is 1. The molecule has 0 saturated carbocycles. The number of nitrogens with one attached hydrogen (secondary N) is 1. The second kappa shape index (κ2) is 6.24. The Morgan fingerprint density at radius 2 is 2.05 bits per heavy atom. The van der Waals surface area contributed by atoms with Crippen molar-refractivity contribution in [1.82, 2.24) is 9.62 Å². The molecule has 1 aliphatic heterocycles. The number of carbonyl (C=O) groups is 1. The normalized spacial score (nSPS) is 23.8. The van der Waals surface area contributed by atoms with E-state index in [4.69, 9.17) is 0 Å². The largest absolute Gasteiger partial charge is 0.341 e. The summed E-state index contributed by atoms with van der Waals surface area (Å²) in [5.74, 6) is 0.789. The molecule has 1 aromatic heterocycles. The number of rotatable bonds is 4. The van der Waals surface area contributed by atoms with Crippen LogP contribution in [0.2, 0.25) is 0 Å². The molecule has 0 aromatic carbocycles. The van der Waals surface area contributed by atoms with Crippen molar-refractivity contribution in [3.63, 3.8) is 0 Å². The Bertz CT molecular complexity index is 544. The van der Waals surface area contributed by atoms with Gasteiger partial charge in [-0.2, -0.15) is 0 Å². The molecule has 1 fully saturated rings. The molecule has 2 atom stereocenters. The summed E-state index contributed by atoms with van der Waals surface area (Å²) in [5, 5.41) is 1.70. The Morgan fingerprint density at radius 1 is 1.40 bits per heavy atom.